The zero-order valence-corrected chi connectivity index (χ0v) is 11.0. The van der Waals surface area contributed by atoms with Gasteiger partial charge in [-0.1, -0.05) is 0 Å². The van der Waals surface area contributed by atoms with E-state index in [0.717, 1.165) is 17.3 Å². The minimum atomic E-state index is 0. The second-order valence-corrected chi connectivity index (χ2v) is 4.51. The molecule has 17 heavy (non-hydrogen) atoms. The summed E-state index contributed by atoms with van der Waals surface area (Å²) in [5.41, 5.74) is 5.69. The van der Waals surface area contributed by atoms with Gasteiger partial charge in [0, 0.05) is 24.9 Å². The van der Waals surface area contributed by atoms with E-state index in [2.05, 4.69) is 9.97 Å². The number of rotatable bonds is 4. The first kappa shape index (κ1) is 14.0. The van der Waals surface area contributed by atoms with E-state index in [1.54, 1.807) is 18.5 Å². The second-order valence-electron chi connectivity index (χ2n) is 3.54. The fourth-order valence-corrected chi connectivity index (χ4v) is 1.96. The molecule has 0 aromatic carbocycles. The number of hydrogen-bond acceptors (Lipinski definition) is 5. The Kier molecular flexibility index (Phi) is 5.47. The van der Waals surface area contributed by atoms with Crippen molar-refractivity contribution < 1.29 is 4.42 Å². The molecular weight excluding hydrogens is 258 g/mol. The summed E-state index contributed by atoms with van der Waals surface area (Å²) in [6, 6.07) is 5.75. The number of aromatic nitrogens is 2. The summed E-state index contributed by atoms with van der Waals surface area (Å²) >= 11 is 1.41. The first-order chi connectivity index (χ1) is 7.74. The summed E-state index contributed by atoms with van der Waals surface area (Å²) in [6.07, 6.45) is 4.17. The Morgan fingerprint density at radius 1 is 1.35 bits per heavy atom. The third kappa shape index (κ3) is 4.38. The van der Waals surface area contributed by atoms with Gasteiger partial charge in [0.05, 0.1) is 0 Å². The van der Waals surface area contributed by atoms with Gasteiger partial charge in [0.15, 0.2) is 10.2 Å². The molecule has 0 bridgehead atoms. The molecule has 6 heteroatoms. The van der Waals surface area contributed by atoms with Crippen molar-refractivity contribution in [2.24, 2.45) is 5.73 Å². The molecule has 92 valence electrons. The summed E-state index contributed by atoms with van der Waals surface area (Å²) in [7, 11) is 0. The van der Waals surface area contributed by atoms with Crippen LogP contribution in [0.1, 0.15) is 12.7 Å². The zero-order chi connectivity index (χ0) is 11.4. The minimum Gasteiger partial charge on any atom is -0.454 e. The average molecular weight is 272 g/mol. The highest BCUT2D eigenvalue weighted by molar-refractivity contribution is 7.99. The Labute approximate surface area is 110 Å². The maximum Gasteiger partial charge on any atom is 0.195 e. The molecule has 0 saturated carbocycles. The normalized spacial score (nSPS) is 11.9. The number of nitrogens with zero attached hydrogens (tertiary/aromatic N) is 2. The Morgan fingerprint density at radius 3 is 2.71 bits per heavy atom. The van der Waals surface area contributed by atoms with Gasteiger partial charge in [-0.2, -0.15) is 0 Å². The van der Waals surface area contributed by atoms with Crippen LogP contribution in [0.25, 0.3) is 0 Å². The lowest BCUT2D eigenvalue weighted by Gasteiger charge is -2.00. The van der Waals surface area contributed by atoms with Crippen molar-refractivity contribution in [3.63, 3.8) is 0 Å². The van der Waals surface area contributed by atoms with E-state index in [4.69, 9.17) is 10.2 Å². The first-order valence-electron chi connectivity index (χ1n) is 5.03. The van der Waals surface area contributed by atoms with Crippen LogP contribution in [0.15, 0.2) is 45.3 Å². The molecular formula is C11H14ClN3OS. The van der Waals surface area contributed by atoms with E-state index in [1.807, 2.05) is 19.1 Å². The van der Waals surface area contributed by atoms with Crippen molar-refractivity contribution in [1.82, 2.24) is 9.97 Å². The lowest BCUT2D eigenvalue weighted by molar-refractivity contribution is 0.421. The molecule has 2 heterocycles. The largest absolute Gasteiger partial charge is 0.454 e. The number of furan rings is 1. The molecule has 0 spiro atoms. The molecule has 0 aliphatic heterocycles. The van der Waals surface area contributed by atoms with Crippen LogP contribution in [0.3, 0.4) is 0 Å². The fraction of sp³-hybridized carbons (Fsp3) is 0.273. The monoisotopic (exact) mass is 271 g/mol. The van der Waals surface area contributed by atoms with Crippen LogP contribution < -0.4 is 5.73 Å². The van der Waals surface area contributed by atoms with E-state index in [-0.39, 0.29) is 18.4 Å². The Morgan fingerprint density at radius 2 is 2.06 bits per heavy atom. The van der Waals surface area contributed by atoms with Gasteiger partial charge in [0.1, 0.15) is 5.76 Å². The zero-order valence-electron chi connectivity index (χ0n) is 9.37. The highest BCUT2D eigenvalue weighted by Gasteiger charge is 2.07. The van der Waals surface area contributed by atoms with Crippen LogP contribution in [0.4, 0.5) is 0 Å². The molecule has 0 aliphatic rings. The van der Waals surface area contributed by atoms with Crippen LogP contribution in [0.5, 0.6) is 0 Å². The minimum absolute atomic E-state index is 0. The van der Waals surface area contributed by atoms with Crippen LogP contribution in [-0.2, 0) is 6.42 Å². The van der Waals surface area contributed by atoms with Gasteiger partial charge in [-0.05, 0) is 36.9 Å². The van der Waals surface area contributed by atoms with E-state index < -0.39 is 0 Å². The summed E-state index contributed by atoms with van der Waals surface area (Å²) in [5.74, 6) is 0.897. The van der Waals surface area contributed by atoms with Crippen molar-refractivity contribution in [3.05, 3.63) is 36.4 Å². The lowest BCUT2D eigenvalue weighted by Crippen LogP contribution is -2.17. The van der Waals surface area contributed by atoms with Gasteiger partial charge in [-0.3, -0.25) is 0 Å². The lowest BCUT2D eigenvalue weighted by atomic mass is 10.2. The molecule has 2 N–H and O–H groups in total. The Bertz CT molecular complexity index is 447. The number of hydrogen-bond donors (Lipinski definition) is 1. The maximum atomic E-state index is 5.69. The predicted octanol–water partition coefficient (Wildman–Crippen LogP) is 2.53. The molecule has 0 aliphatic carbocycles. The van der Waals surface area contributed by atoms with Gasteiger partial charge in [-0.25, -0.2) is 9.97 Å². The highest BCUT2D eigenvalue weighted by Crippen LogP contribution is 2.26. The second kappa shape index (κ2) is 6.64. The van der Waals surface area contributed by atoms with E-state index in [1.165, 1.54) is 11.8 Å². The van der Waals surface area contributed by atoms with E-state index in [0.29, 0.717) is 5.16 Å². The number of halogens is 1. The predicted molar refractivity (Wildman–Crippen MR) is 69.5 cm³/mol. The fourth-order valence-electron chi connectivity index (χ4n) is 1.27. The van der Waals surface area contributed by atoms with Crippen molar-refractivity contribution in [2.75, 3.05) is 0 Å². The molecule has 2 rings (SSSR count). The van der Waals surface area contributed by atoms with Gasteiger partial charge < -0.3 is 10.2 Å². The summed E-state index contributed by atoms with van der Waals surface area (Å²) in [5, 5.41) is 1.48. The topological polar surface area (TPSA) is 64.9 Å². The third-order valence-electron chi connectivity index (χ3n) is 1.89. The van der Waals surface area contributed by atoms with Crippen molar-refractivity contribution in [3.8, 4) is 0 Å². The molecule has 0 amide bonds. The number of nitrogens with two attached hydrogens (primary N) is 1. The highest BCUT2D eigenvalue weighted by atomic mass is 35.5. The van der Waals surface area contributed by atoms with Crippen LogP contribution in [-0.4, -0.2) is 16.0 Å². The van der Waals surface area contributed by atoms with Gasteiger partial charge >= 0.3 is 0 Å². The third-order valence-corrected chi connectivity index (χ3v) is 2.71. The summed E-state index contributed by atoms with van der Waals surface area (Å²) in [4.78, 5) is 8.22. The standard InChI is InChI=1S/C11H13N3OS.ClH/c1-8(12)7-9-3-4-10(15-9)16-11-13-5-2-6-14-11;/h2-6,8H,7,12H2,1H3;1H. The average Bonchev–Trinajstić information content (AvgIpc) is 2.66. The molecule has 2 aromatic rings. The van der Waals surface area contributed by atoms with Gasteiger partial charge in [0.2, 0.25) is 0 Å². The Hall–Kier alpha value is -1.04. The van der Waals surface area contributed by atoms with Crippen LogP contribution >= 0.6 is 24.2 Å². The molecule has 0 radical (unpaired) electrons. The smallest absolute Gasteiger partial charge is 0.195 e. The molecule has 1 unspecified atom stereocenters. The van der Waals surface area contributed by atoms with Crippen molar-refractivity contribution >= 4 is 24.2 Å². The summed E-state index contributed by atoms with van der Waals surface area (Å²) in [6.45, 7) is 1.95. The molecule has 0 saturated heterocycles. The SMILES string of the molecule is CC(N)Cc1ccc(Sc2ncccn2)o1.Cl. The Balaban J connectivity index is 0.00000144. The van der Waals surface area contributed by atoms with Crippen molar-refractivity contribution in [2.45, 2.75) is 29.6 Å². The molecule has 4 nitrogen and oxygen atoms in total. The molecule has 2 aromatic heterocycles. The summed E-state index contributed by atoms with van der Waals surface area (Å²) < 4.78 is 5.60. The van der Waals surface area contributed by atoms with E-state index in [9.17, 15) is 0 Å². The van der Waals surface area contributed by atoms with Gasteiger partial charge in [0.25, 0.3) is 0 Å². The maximum absolute atomic E-state index is 5.69. The van der Waals surface area contributed by atoms with Gasteiger partial charge in [-0.15, -0.1) is 12.4 Å². The molecule has 1 atom stereocenters. The quantitative estimate of drug-likeness (QED) is 0.866. The van der Waals surface area contributed by atoms with E-state index >= 15 is 0 Å². The molecule has 0 fully saturated rings. The van der Waals surface area contributed by atoms with Crippen LogP contribution in [0.2, 0.25) is 0 Å². The van der Waals surface area contributed by atoms with Crippen molar-refractivity contribution in [1.29, 1.82) is 0 Å². The van der Waals surface area contributed by atoms with Crippen LogP contribution in [0, 0.1) is 0 Å². The first-order valence-corrected chi connectivity index (χ1v) is 5.85.